The summed E-state index contributed by atoms with van der Waals surface area (Å²) in [6, 6.07) is 11.7. The number of Topliss-reactive ketones (excluding diaryl/α,β-unsaturated/α-hetero) is 1. The number of fused-ring (bicyclic) bond motifs is 1. The minimum absolute atomic E-state index is 0.0485. The Kier molecular flexibility index (Phi) is 4.84. The highest BCUT2D eigenvalue weighted by molar-refractivity contribution is 5.89. The Bertz CT molecular complexity index is 765. The van der Waals surface area contributed by atoms with Crippen LogP contribution in [0.2, 0.25) is 0 Å². The van der Waals surface area contributed by atoms with Gasteiger partial charge in [-0.2, -0.15) is 0 Å². The molecule has 0 heterocycles. The van der Waals surface area contributed by atoms with Gasteiger partial charge in [-0.05, 0) is 54.7 Å². The zero-order chi connectivity index (χ0) is 17.1. The van der Waals surface area contributed by atoms with Crippen molar-refractivity contribution in [2.24, 2.45) is 0 Å². The van der Waals surface area contributed by atoms with Crippen molar-refractivity contribution >= 4 is 22.5 Å². The molecule has 1 fully saturated rings. The van der Waals surface area contributed by atoms with Crippen molar-refractivity contribution in [2.45, 2.75) is 44.6 Å². The van der Waals surface area contributed by atoms with Crippen molar-refractivity contribution in [3.63, 3.8) is 0 Å². The summed E-state index contributed by atoms with van der Waals surface area (Å²) in [5, 5.41) is 2.10. The molecule has 1 aliphatic carbocycles. The van der Waals surface area contributed by atoms with Gasteiger partial charge >= 0.3 is 5.97 Å². The number of ketones is 1. The van der Waals surface area contributed by atoms with Crippen molar-refractivity contribution < 1.29 is 19.1 Å². The van der Waals surface area contributed by atoms with Crippen LogP contribution in [0.5, 0.6) is 5.75 Å². The van der Waals surface area contributed by atoms with E-state index in [4.69, 9.17) is 9.47 Å². The highest BCUT2D eigenvalue weighted by Gasteiger charge is 2.28. The molecule has 3 rings (SSSR count). The zero-order valence-electron chi connectivity index (χ0n) is 14.1. The lowest BCUT2D eigenvalue weighted by molar-refractivity contribution is -0.157. The molecule has 0 saturated heterocycles. The van der Waals surface area contributed by atoms with E-state index in [-0.39, 0.29) is 11.8 Å². The van der Waals surface area contributed by atoms with Crippen molar-refractivity contribution in [3.05, 3.63) is 42.0 Å². The first-order valence-corrected chi connectivity index (χ1v) is 8.39. The third kappa shape index (κ3) is 3.42. The normalized spacial score (nSPS) is 19.1. The predicted octanol–water partition coefficient (Wildman–Crippen LogP) is 4.01. The predicted molar refractivity (Wildman–Crippen MR) is 92.3 cm³/mol. The van der Waals surface area contributed by atoms with E-state index in [9.17, 15) is 9.59 Å². The maximum atomic E-state index is 12.4. The molecule has 0 aliphatic heterocycles. The van der Waals surface area contributed by atoms with Crippen LogP contribution in [0.4, 0.5) is 0 Å². The first-order valence-electron chi connectivity index (χ1n) is 8.39. The summed E-state index contributed by atoms with van der Waals surface area (Å²) in [6.45, 7) is 1.82. The fourth-order valence-corrected chi connectivity index (χ4v) is 3.09. The summed E-state index contributed by atoms with van der Waals surface area (Å²) in [4.78, 5) is 24.2. The fourth-order valence-electron chi connectivity index (χ4n) is 3.09. The van der Waals surface area contributed by atoms with Crippen molar-refractivity contribution in [2.75, 3.05) is 7.11 Å². The molecule has 0 bridgehead atoms. The monoisotopic (exact) mass is 326 g/mol. The van der Waals surface area contributed by atoms with Gasteiger partial charge in [0.1, 0.15) is 5.75 Å². The van der Waals surface area contributed by atoms with Gasteiger partial charge in [-0.25, -0.2) is 0 Å². The highest BCUT2D eigenvalue weighted by Crippen LogP contribution is 2.27. The molecule has 1 aliphatic rings. The van der Waals surface area contributed by atoms with Crippen molar-refractivity contribution in [1.29, 1.82) is 0 Å². The van der Waals surface area contributed by atoms with Crippen LogP contribution in [-0.4, -0.2) is 25.0 Å². The Hall–Kier alpha value is -2.36. The number of esters is 1. The number of carbonyl (C=O) groups excluding carboxylic acids is 2. The summed E-state index contributed by atoms with van der Waals surface area (Å²) in [7, 11) is 1.64. The standard InChI is InChI=1S/C20H22O4/c1-13(20(22)24-19-6-4-3-5-18(19)21)14-7-8-16-12-17(23-2)10-9-15(16)11-14/h7-13,19H,3-6H2,1-2H3/t13-,19?/m0/s1. The Labute approximate surface area is 141 Å². The number of rotatable bonds is 4. The largest absolute Gasteiger partial charge is 0.497 e. The van der Waals surface area contributed by atoms with Gasteiger partial charge in [-0.1, -0.05) is 24.3 Å². The molecule has 2 aromatic rings. The van der Waals surface area contributed by atoms with E-state index in [0.29, 0.717) is 12.8 Å². The molecule has 4 heteroatoms. The molecule has 0 amide bonds. The fraction of sp³-hybridized carbons (Fsp3) is 0.400. The Morgan fingerprint density at radius 3 is 2.62 bits per heavy atom. The van der Waals surface area contributed by atoms with Crippen molar-refractivity contribution in [1.82, 2.24) is 0 Å². The van der Waals surface area contributed by atoms with E-state index < -0.39 is 12.0 Å². The Morgan fingerprint density at radius 2 is 1.88 bits per heavy atom. The van der Waals surface area contributed by atoms with Crippen LogP contribution in [0.3, 0.4) is 0 Å². The molecule has 24 heavy (non-hydrogen) atoms. The Balaban J connectivity index is 1.76. The van der Waals surface area contributed by atoms with E-state index in [1.54, 1.807) is 7.11 Å². The summed E-state index contributed by atoms with van der Waals surface area (Å²) >= 11 is 0. The lowest BCUT2D eigenvalue weighted by Gasteiger charge is -2.22. The molecule has 1 saturated carbocycles. The topological polar surface area (TPSA) is 52.6 Å². The second kappa shape index (κ2) is 7.04. The van der Waals surface area contributed by atoms with E-state index in [1.165, 1.54) is 0 Å². The minimum Gasteiger partial charge on any atom is -0.497 e. The second-order valence-corrected chi connectivity index (χ2v) is 6.33. The maximum Gasteiger partial charge on any atom is 0.313 e. The summed E-state index contributed by atoms with van der Waals surface area (Å²) in [6.07, 6.45) is 2.45. The third-order valence-electron chi connectivity index (χ3n) is 4.68. The molecule has 2 atom stereocenters. The van der Waals surface area contributed by atoms with E-state index >= 15 is 0 Å². The van der Waals surface area contributed by atoms with Gasteiger partial charge in [0, 0.05) is 6.42 Å². The maximum absolute atomic E-state index is 12.4. The lowest BCUT2D eigenvalue weighted by Crippen LogP contribution is -2.31. The second-order valence-electron chi connectivity index (χ2n) is 6.33. The molecule has 0 N–H and O–H groups in total. The van der Waals surface area contributed by atoms with Gasteiger partial charge < -0.3 is 9.47 Å². The first-order chi connectivity index (χ1) is 11.6. The highest BCUT2D eigenvalue weighted by atomic mass is 16.5. The molecule has 0 spiro atoms. The average molecular weight is 326 g/mol. The van der Waals surface area contributed by atoms with Gasteiger partial charge in [-0.15, -0.1) is 0 Å². The van der Waals surface area contributed by atoms with Gasteiger partial charge in [0.2, 0.25) is 0 Å². The number of hydrogen-bond donors (Lipinski definition) is 0. The van der Waals surface area contributed by atoms with Crippen LogP contribution in [0.25, 0.3) is 10.8 Å². The number of benzene rings is 2. The third-order valence-corrected chi connectivity index (χ3v) is 4.68. The SMILES string of the molecule is COc1ccc2cc([C@H](C)C(=O)OC3CCCCC3=O)ccc2c1. The van der Waals surface area contributed by atoms with E-state index in [1.807, 2.05) is 43.3 Å². The van der Waals surface area contributed by atoms with Crippen LogP contribution in [0, 0.1) is 0 Å². The molecule has 0 radical (unpaired) electrons. The molecule has 1 unspecified atom stereocenters. The average Bonchev–Trinajstić information content (AvgIpc) is 2.62. The van der Waals surface area contributed by atoms with E-state index in [2.05, 4.69) is 0 Å². The summed E-state index contributed by atoms with van der Waals surface area (Å²) in [5.74, 6) is 0.125. The van der Waals surface area contributed by atoms with Crippen molar-refractivity contribution in [3.8, 4) is 5.75 Å². The number of ether oxygens (including phenoxy) is 2. The zero-order valence-corrected chi connectivity index (χ0v) is 14.1. The molecular weight excluding hydrogens is 304 g/mol. The molecule has 4 nitrogen and oxygen atoms in total. The number of methoxy groups -OCH3 is 1. The Morgan fingerprint density at radius 1 is 1.12 bits per heavy atom. The van der Waals surface area contributed by atoms with Crippen LogP contribution < -0.4 is 4.74 Å². The number of hydrogen-bond acceptors (Lipinski definition) is 4. The molecule has 126 valence electrons. The number of carbonyl (C=O) groups is 2. The minimum atomic E-state index is -0.557. The van der Waals surface area contributed by atoms with Crippen LogP contribution in [0.1, 0.15) is 44.1 Å². The van der Waals surface area contributed by atoms with Gasteiger partial charge in [-0.3, -0.25) is 9.59 Å². The quantitative estimate of drug-likeness (QED) is 0.797. The van der Waals surface area contributed by atoms with Crippen LogP contribution in [-0.2, 0) is 14.3 Å². The lowest BCUT2D eigenvalue weighted by atomic mass is 9.95. The first kappa shape index (κ1) is 16.5. The van der Waals surface area contributed by atoms with E-state index in [0.717, 1.165) is 34.9 Å². The molecule has 0 aromatic heterocycles. The van der Waals surface area contributed by atoms with Crippen LogP contribution in [0.15, 0.2) is 36.4 Å². The van der Waals surface area contributed by atoms with Gasteiger partial charge in [0.25, 0.3) is 0 Å². The molecule has 2 aromatic carbocycles. The van der Waals surface area contributed by atoms with Gasteiger partial charge in [0.05, 0.1) is 13.0 Å². The van der Waals surface area contributed by atoms with Gasteiger partial charge in [0.15, 0.2) is 11.9 Å². The summed E-state index contributed by atoms with van der Waals surface area (Å²) < 4.78 is 10.7. The smallest absolute Gasteiger partial charge is 0.313 e. The van der Waals surface area contributed by atoms with Crippen LogP contribution >= 0.6 is 0 Å². The summed E-state index contributed by atoms with van der Waals surface area (Å²) in [5.41, 5.74) is 0.890. The molecular formula is C20H22O4.